The van der Waals surface area contributed by atoms with Crippen LogP contribution in [0.1, 0.15) is 46.0 Å². The fourth-order valence-corrected chi connectivity index (χ4v) is 2.61. The van der Waals surface area contributed by atoms with Gasteiger partial charge in [-0.05, 0) is 12.8 Å². The Labute approximate surface area is 125 Å². The highest BCUT2D eigenvalue weighted by Gasteiger charge is 2.40. The largest absolute Gasteiger partial charge is 0.459 e. The molecular weight excluding hydrogens is 278 g/mol. The number of hydroxylamine groups is 1. The molecule has 1 rings (SSSR count). The molecule has 1 fully saturated rings. The SMILES string of the molecule is CCCC(CCC)C(=O)OC1CC(NO)O[C@H](CO)C1O. The summed E-state index contributed by atoms with van der Waals surface area (Å²) in [5.74, 6) is -0.513. The van der Waals surface area contributed by atoms with Crippen molar-refractivity contribution in [1.29, 1.82) is 0 Å². The van der Waals surface area contributed by atoms with Crippen molar-refractivity contribution in [2.45, 2.75) is 70.5 Å². The van der Waals surface area contributed by atoms with Gasteiger partial charge in [0.1, 0.15) is 24.5 Å². The number of hydrogen-bond acceptors (Lipinski definition) is 7. The monoisotopic (exact) mass is 305 g/mol. The van der Waals surface area contributed by atoms with Crippen LogP contribution in [0.3, 0.4) is 0 Å². The summed E-state index contributed by atoms with van der Waals surface area (Å²) in [6.07, 6.45) is -0.182. The predicted octanol–water partition coefficient (Wildman–Crippen LogP) is 0.562. The van der Waals surface area contributed by atoms with Crippen LogP contribution in [0, 0.1) is 5.92 Å². The van der Waals surface area contributed by atoms with Gasteiger partial charge in [-0.3, -0.25) is 4.79 Å². The molecule has 1 saturated heterocycles. The molecule has 0 spiro atoms. The van der Waals surface area contributed by atoms with E-state index in [1.54, 1.807) is 0 Å². The molecular formula is C14H27NO6. The van der Waals surface area contributed by atoms with Crippen molar-refractivity contribution < 1.29 is 29.7 Å². The number of esters is 1. The maximum atomic E-state index is 12.2. The lowest BCUT2D eigenvalue weighted by atomic mass is 9.97. The Kier molecular flexibility index (Phi) is 8.13. The highest BCUT2D eigenvalue weighted by molar-refractivity contribution is 5.72. The van der Waals surface area contributed by atoms with Crippen LogP contribution in [-0.2, 0) is 14.3 Å². The van der Waals surface area contributed by atoms with Gasteiger partial charge in [0.05, 0.1) is 12.5 Å². The number of aliphatic hydroxyl groups is 2. The summed E-state index contributed by atoms with van der Waals surface area (Å²) < 4.78 is 10.6. The normalized spacial score (nSPS) is 29.6. The van der Waals surface area contributed by atoms with E-state index < -0.39 is 31.1 Å². The molecule has 21 heavy (non-hydrogen) atoms. The first kappa shape index (κ1) is 18.3. The molecule has 3 unspecified atom stereocenters. The zero-order valence-electron chi connectivity index (χ0n) is 12.7. The molecule has 7 heteroatoms. The van der Waals surface area contributed by atoms with Gasteiger partial charge in [-0.1, -0.05) is 26.7 Å². The second kappa shape index (κ2) is 9.32. The fraction of sp³-hybridized carbons (Fsp3) is 0.929. The zero-order chi connectivity index (χ0) is 15.8. The average molecular weight is 305 g/mol. The summed E-state index contributed by atoms with van der Waals surface area (Å²) >= 11 is 0. The number of rotatable bonds is 8. The summed E-state index contributed by atoms with van der Waals surface area (Å²) in [6.45, 7) is 3.60. The number of ether oxygens (including phenoxy) is 2. The van der Waals surface area contributed by atoms with Crippen molar-refractivity contribution in [3.8, 4) is 0 Å². The highest BCUT2D eigenvalue weighted by Crippen LogP contribution is 2.24. The predicted molar refractivity (Wildman–Crippen MR) is 74.5 cm³/mol. The third-order valence-electron chi connectivity index (χ3n) is 3.75. The standard InChI is InChI=1S/C14H27NO6/c1-3-5-9(6-4-2)14(18)21-10-7-12(15-19)20-11(8-16)13(10)17/h9-13,15-17,19H,3-8H2,1-2H3/t10?,11-,12?,13?/m1/s1. The number of nitrogens with one attached hydrogen (secondary N) is 1. The van der Waals surface area contributed by atoms with E-state index in [0.717, 1.165) is 25.7 Å². The average Bonchev–Trinajstić information content (AvgIpc) is 2.49. The quantitative estimate of drug-likeness (QED) is 0.383. The molecule has 4 N–H and O–H groups in total. The molecule has 0 amide bonds. The van der Waals surface area contributed by atoms with Gasteiger partial charge >= 0.3 is 5.97 Å². The van der Waals surface area contributed by atoms with Crippen LogP contribution in [0.4, 0.5) is 0 Å². The van der Waals surface area contributed by atoms with E-state index >= 15 is 0 Å². The van der Waals surface area contributed by atoms with Gasteiger partial charge in [-0.2, -0.15) is 5.48 Å². The zero-order valence-corrected chi connectivity index (χ0v) is 12.7. The summed E-state index contributed by atoms with van der Waals surface area (Å²) in [4.78, 5) is 12.2. The second-order valence-electron chi connectivity index (χ2n) is 5.45. The summed E-state index contributed by atoms with van der Waals surface area (Å²) in [7, 11) is 0. The van der Waals surface area contributed by atoms with E-state index in [-0.39, 0.29) is 18.3 Å². The second-order valence-corrected chi connectivity index (χ2v) is 5.45. The van der Waals surface area contributed by atoms with Crippen LogP contribution in [0.15, 0.2) is 0 Å². The van der Waals surface area contributed by atoms with Crippen molar-refractivity contribution in [1.82, 2.24) is 5.48 Å². The molecule has 0 radical (unpaired) electrons. The van der Waals surface area contributed by atoms with Gasteiger partial charge in [-0.25, -0.2) is 0 Å². The van der Waals surface area contributed by atoms with E-state index in [0.29, 0.717) is 0 Å². The van der Waals surface area contributed by atoms with Crippen LogP contribution >= 0.6 is 0 Å². The topological polar surface area (TPSA) is 108 Å². The van der Waals surface area contributed by atoms with Gasteiger partial charge in [0.15, 0.2) is 0 Å². The molecule has 0 bridgehead atoms. The lowest BCUT2D eigenvalue weighted by Gasteiger charge is -2.38. The molecule has 1 aliphatic heterocycles. The Bertz CT molecular complexity index is 308. The Morgan fingerprint density at radius 3 is 2.48 bits per heavy atom. The first-order chi connectivity index (χ1) is 10.1. The van der Waals surface area contributed by atoms with Crippen LogP contribution in [0.5, 0.6) is 0 Å². The first-order valence-corrected chi connectivity index (χ1v) is 7.61. The fourth-order valence-electron chi connectivity index (χ4n) is 2.61. The Hall–Kier alpha value is -0.730. The molecule has 0 saturated carbocycles. The maximum absolute atomic E-state index is 12.2. The van der Waals surface area contributed by atoms with Crippen LogP contribution in [0.25, 0.3) is 0 Å². The van der Waals surface area contributed by atoms with Crippen molar-refractivity contribution in [3.63, 3.8) is 0 Å². The molecule has 7 nitrogen and oxygen atoms in total. The number of carbonyl (C=O) groups excluding carboxylic acids is 1. The molecule has 0 aromatic rings. The minimum atomic E-state index is -1.10. The summed E-state index contributed by atoms with van der Waals surface area (Å²) in [5.41, 5.74) is 1.94. The first-order valence-electron chi connectivity index (χ1n) is 7.61. The van der Waals surface area contributed by atoms with Gasteiger partial charge in [0, 0.05) is 6.42 Å². The molecule has 124 valence electrons. The van der Waals surface area contributed by atoms with Crippen LogP contribution in [0.2, 0.25) is 0 Å². The van der Waals surface area contributed by atoms with Gasteiger partial charge in [0.2, 0.25) is 0 Å². The molecule has 0 aromatic carbocycles. The minimum absolute atomic E-state index is 0.130. The number of hydrogen-bond donors (Lipinski definition) is 4. The Morgan fingerprint density at radius 2 is 2.00 bits per heavy atom. The van der Waals surface area contributed by atoms with Crippen molar-refractivity contribution >= 4 is 5.97 Å². The minimum Gasteiger partial charge on any atom is -0.459 e. The van der Waals surface area contributed by atoms with Gasteiger partial charge < -0.3 is 24.9 Å². The van der Waals surface area contributed by atoms with Gasteiger partial charge in [-0.15, -0.1) is 0 Å². The summed E-state index contributed by atoms with van der Waals surface area (Å²) in [6, 6.07) is 0. The smallest absolute Gasteiger partial charge is 0.309 e. The third kappa shape index (κ3) is 5.19. The van der Waals surface area contributed by atoms with Crippen molar-refractivity contribution in [2.75, 3.05) is 6.61 Å². The molecule has 1 heterocycles. The lowest BCUT2D eigenvalue weighted by molar-refractivity contribution is -0.220. The van der Waals surface area contributed by atoms with Crippen molar-refractivity contribution in [2.24, 2.45) is 5.92 Å². The van der Waals surface area contributed by atoms with Crippen LogP contribution < -0.4 is 5.48 Å². The molecule has 0 aromatic heterocycles. The molecule has 4 atom stereocenters. The maximum Gasteiger partial charge on any atom is 0.309 e. The lowest BCUT2D eigenvalue weighted by Crippen LogP contribution is -2.54. The Balaban J connectivity index is 2.66. The third-order valence-corrected chi connectivity index (χ3v) is 3.75. The van der Waals surface area contributed by atoms with E-state index in [4.69, 9.17) is 19.8 Å². The van der Waals surface area contributed by atoms with Gasteiger partial charge in [0.25, 0.3) is 0 Å². The molecule has 0 aliphatic carbocycles. The van der Waals surface area contributed by atoms with Crippen molar-refractivity contribution in [3.05, 3.63) is 0 Å². The van der Waals surface area contributed by atoms with E-state index in [9.17, 15) is 9.90 Å². The van der Waals surface area contributed by atoms with E-state index in [1.807, 2.05) is 19.3 Å². The van der Waals surface area contributed by atoms with E-state index in [1.165, 1.54) is 0 Å². The summed E-state index contributed by atoms with van der Waals surface area (Å²) in [5, 5.41) is 28.2. The van der Waals surface area contributed by atoms with E-state index in [2.05, 4.69) is 0 Å². The Morgan fingerprint density at radius 1 is 1.38 bits per heavy atom. The number of aliphatic hydroxyl groups excluding tert-OH is 2. The highest BCUT2D eigenvalue weighted by atomic mass is 16.6. The van der Waals surface area contributed by atoms with Crippen LogP contribution in [-0.4, -0.2) is 52.5 Å². The number of carbonyl (C=O) groups is 1. The molecule has 1 aliphatic rings.